The molecule has 0 radical (unpaired) electrons. The van der Waals surface area contributed by atoms with Crippen LogP contribution in [0, 0.1) is 25.2 Å². The number of thioether (sulfide) groups is 1. The van der Waals surface area contributed by atoms with Gasteiger partial charge in [-0.25, -0.2) is 4.79 Å². The molecule has 194 valence electrons. The predicted octanol–water partition coefficient (Wildman–Crippen LogP) is 7.06. The number of carboxylic acids is 1. The second-order valence-electron chi connectivity index (χ2n) is 9.14. The summed E-state index contributed by atoms with van der Waals surface area (Å²) in [5.74, 6) is -0.386. The lowest BCUT2D eigenvalue weighted by Crippen LogP contribution is -2.03. The molecule has 4 aromatic rings. The number of thiophene rings is 1. The van der Waals surface area contributed by atoms with Crippen LogP contribution in [-0.2, 0) is 24.2 Å². The molecule has 0 atom stereocenters. The first-order chi connectivity index (χ1) is 18.3. The molecule has 0 fully saturated rings. The molecule has 3 aromatic heterocycles. The minimum atomic E-state index is -1.04. The van der Waals surface area contributed by atoms with Gasteiger partial charge in [-0.05, 0) is 106 Å². The standard InChI is InChI=1S/C28H26ClN5O2S2/c1-4-33-25(18-9-11-20(29)12-10-18)31-32-28(33)38-24(27(35)36)14-19-13-16(2)34(17(19)3)26-22(15-30)21-7-5-6-8-23(21)37-26/h9-14H,4-8H2,1-3H3,(H,35,36)/b24-14-. The summed E-state index contributed by atoms with van der Waals surface area (Å²) in [4.78, 5) is 13.8. The van der Waals surface area contributed by atoms with E-state index in [1.54, 1.807) is 29.5 Å². The van der Waals surface area contributed by atoms with Gasteiger partial charge in [0.05, 0.1) is 5.56 Å². The van der Waals surface area contributed by atoms with Crippen LogP contribution in [0.3, 0.4) is 0 Å². The zero-order valence-corrected chi connectivity index (χ0v) is 23.7. The van der Waals surface area contributed by atoms with Gasteiger partial charge in [-0.15, -0.1) is 21.5 Å². The maximum absolute atomic E-state index is 12.3. The number of aliphatic carboxylic acids is 1. The van der Waals surface area contributed by atoms with Crippen LogP contribution < -0.4 is 0 Å². The molecule has 0 spiro atoms. The lowest BCUT2D eigenvalue weighted by Gasteiger charge is -2.10. The van der Waals surface area contributed by atoms with Gasteiger partial charge in [0.15, 0.2) is 11.0 Å². The van der Waals surface area contributed by atoms with Crippen LogP contribution in [0.1, 0.15) is 52.7 Å². The van der Waals surface area contributed by atoms with Crippen LogP contribution in [0.2, 0.25) is 5.02 Å². The fraction of sp³-hybridized carbons (Fsp3) is 0.286. The van der Waals surface area contributed by atoms with Crippen LogP contribution >= 0.6 is 34.7 Å². The van der Waals surface area contributed by atoms with Crippen molar-refractivity contribution in [2.75, 3.05) is 0 Å². The topological polar surface area (TPSA) is 96.7 Å². The summed E-state index contributed by atoms with van der Waals surface area (Å²) in [5.41, 5.74) is 5.44. The number of carbonyl (C=O) groups is 1. The van der Waals surface area contributed by atoms with E-state index >= 15 is 0 Å². The second kappa shape index (κ2) is 10.8. The Kier molecular flexibility index (Phi) is 7.48. The van der Waals surface area contributed by atoms with E-state index in [1.165, 1.54) is 10.4 Å². The monoisotopic (exact) mass is 563 g/mol. The first kappa shape index (κ1) is 26.3. The SMILES string of the molecule is CCn1c(S/C(=C\c2cc(C)n(-c3sc4c(c3C#N)CCCC4)c2C)C(=O)O)nnc1-c1ccc(Cl)cc1. The first-order valence-electron chi connectivity index (χ1n) is 12.4. The second-order valence-corrected chi connectivity index (χ2v) is 11.7. The number of carboxylic acid groups (broad SMARTS) is 1. The molecule has 7 nitrogen and oxygen atoms in total. The molecule has 0 unspecified atom stereocenters. The highest BCUT2D eigenvalue weighted by Crippen LogP contribution is 2.39. The minimum absolute atomic E-state index is 0.140. The van der Waals surface area contributed by atoms with Crippen LogP contribution in [0.5, 0.6) is 0 Å². The third-order valence-electron chi connectivity index (χ3n) is 6.77. The summed E-state index contributed by atoms with van der Waals surface area (Å²) in [6.45, 7) is 6.51. The van der Waals surface area contributed by atoms with Gasteiger partial charge in [-0.1, -0.05) is 11.6 Å². The van der Waals surface area contributed by atoms with Gasteiger partial charge in [0.1, 0.15) is 16.0 Å². The van der Waals surface area contributed by atoms with E-state index in [0.717, 1.165) is 70.5 Å². The summed E-state index contributed by atoms with van der Waals surface area (Å²) in [5, 5.41) is 30.7. The van der Waals surface area contributed by atoms with Crippen molar-refractivity contribution in [2.45, 2.75) is 58.2 Å². The molecule has 38 heavy (non-hydrogen) atoms. The Balaban J connectivity index is 1.52. The quantitative estimate of drug-likeness (QED) is 0.191. The fourth-order valence-electron chi connectivity index (χ4n) is 4.91. The highest BCUT2D eigenvalue weighted by atomic mass is 35.5. The third kappa shape index (κ3) is 4.80. The maximum atomic E-state index is 12.3. The highest BCUT2D eigenvalue weighted by molar-refractivity contribution is 8.04. The lowest BCUT2D eigenvalue weighted by molar-refractivity contribution is -0.131. The number of nitrogens with zero attached hydrogens (tertiary/aromatic N) is 5. The number of aryl methyl sites for hydroxylation is 2. The zero-order chi connectivity index (χ0) is 27.0. The predicted molar refractivity (Wildman–Crippen MR) is 152 cm³/mol. The number of nitriles is 1. The Morgan fingerprint density at radius 1 is 1.24 bits per heavy atom. The van der Waals surface area contributed by atoms with Gasteiger partial charge < -0.3 is 14.2 Å². The van der Waals surface area contributed by atoms with Crippen molar-refractivity contribution in [2.24, 2.45) is 0 Å². The number of halogens is 1. The molecule has 0 aliphatic heterocycles. The summed E-state index contributed by atoms with van der Waals surface area (Å²) in [7, 11) is 0. The molecule has 1 aliphatic rings. The number of aromatic nitrogens is 4. The van der Waals surface area contributed by atoms with Gasteiger partial charge in [0, 0.05) is 33.4 Å². The van der Waals surface area contributed by atoms with Crippen molar-refractivity contribution in [3.05, 3.63) is 73.2 Å². The van der Waals surface area contributed by atoms with Gasteiger partial charge in [-0.2, -0.15) is 5.26 Å². The molecule has 0 saturated heterocycles. The Labute approximate surface area is 234 Å². The Hall–Kier alpha value is -3.32. The smallest absolute Gasteiger partial charge is 0.342 e. The van der Waals surface area contributed by atoms with E-state index in [-0.39, 0.29) is 4.91 Å². The third-order valence-corrected chi connectivity index (χ3v) is 9.30. The molecule has 1 N–H and O–H groups in total. The Bertz CT molecular complexity index is 1610. The number of rotatable bonds is 7. The van der Waals surface area contributed by atoms with Gasteiger partial charge in [-0.3, -0.25) is 0 Å². The van der Waals surface area contributed by atoms with E-state index in [1.807, 2.05) is 43.5 Å². The fourth-order valence-corrected chi connectivity index (χ4v) is 7.36. The number of hydrogen-bond donors (Lipinski definition) is 1. The largest absolute Gasteiger partial charge is 0.477 e. The normalized spacial score (nSPS) is 13.4. The molecule has 0 amide bonds. The summed E-state index contributed by atoms with van der Waals surface area (Å²) in [6.07, 6.45) is 5.89. The molecule has 10 heteroatoms. The van der Waals surface area contributed by atoms with Crippen molar-refractivity contribution in [3.63, 3.8) is 0 Å². The number of fused-ring (bicyclic) bond motifs is 1. The lowest BCUT2D eigenvalue weighted by atomic mass is 9.96. The Morgan fingerprint density at radius 3 is 2.66 bits per heavy atom. The van der Waals surface area contributed by atoms with E-state index in [9.17, 15) is 15.2 Å². The average Bonchev–Trinajstić information content (AvgIpc) is 3.56. The van der Waals surface area contributed by atoms with Gasteiger partial charge in [0.25, 0.3) is 0 Å². The number of benzene rings is 1. The summed E-state index contributed by atoms with van der Waals surface area (Å²) in [6, 6.07) is 11.7. The van der Waals surface area contributed by atoms with Crippen LogP contribution in [-0.4, -0.2) is 30.4 Å². The molecule has 0 bridgehead atoms. The molecule has 1 aromatic carbocycles. The first-order valence-corrected chi connectivity index (χ1v) is 14.4. The van der Waals surface area contributed by atoms with E-state index in [0.29, 0.717) is 22.5 Å². The van der Waals surface area contributed by atoms with Crippen molar-refractivity contribution >= 4 is 46.7 Å². The van der Waals surface area contributed by atoms with Crippen molar-refractivity contribution < 1.29 is 9.90 Å². The molecular formula is C28H26ClN5O2S2. The van der Waals surface area contributed by atoms with E-state index in [4.69, 9.17) is 11.6 Å². The summed E-state index contributed by atoms with van der Waals surface area (Å²) < 4.78 is 3.98. The average molecular weight is 564 g/mol. The molecule has 1 aliphatic carbocycles. The molecular weight excluding hydrogens is 538 g/mol. The zero-order valence-electron chi connectivity index (χ0n) is 21.3. The van der Waals surface area contributed by atoms with Crippen LogP contribution in [0.25, 0.3) is 22.5 Å². The van der Waals surface area contributed by atoms with E-state index < -0.39 is 5.97 Å². The van der Waals surface area contributed by atoms with Gasteiger partial charge >= 0.3 is 5.97 Å². The molecule has 0 saturated carbocycles. The van der Waals surface area contributed by atoms with Crippen molar-refractivity contribution in [3.8, 4) is 22.5 Å². The van der Waals surface area contributed by atoms with Crippen molar-refractivity contribution in [1.82, 2.24) is 19.3 Å². The summed E-state index contributed by atoms with van der Waals surface area (Å²) >= 11 is 8.79. The number of hydrogen-bond acceptors (Lipinski definition) is 6. The maximum Gasteiger partial charge on any atom is 0.342 e. The minimum Gasteiger partial charge on any atom is -0.477 e. The van der Waals surface area contributed by atoms with Crippen LogP contribution in [0.4, 0.5) is 0 Å². The molecule has 5 rings (SSSR count). The van der Waals surface area contributed by atoms with Crippen LogP contribution in [0.15, 0.2) is 40.4 Å². The highest BCUT2D eigenvalue weighted by Gasteiger charge is 2.24. The van der Waals surface area contributed by atoms with Gasteiger partial charge in [0.2, 0.25) is 0 Å². The Morgan fingerprint density at radius 2 is 1.97 bits per heavy atom. The molecule has 3 heterocycles. The van der Waals surface area contributed by atoms with E-state index in [2.05, 4.69) is 20.8 Å². The van der Waals surface area contributed by atoms with Crippen molar-refractivity contribution in [1.29, 1.82) is 5.26 Å².